The first kappa shape index (κ1) is 10.9. The fraction of sp³-hybridized carbons (Fsp3) is 0.455. The molecule has 0 saturated heterocycles. The predicted octanol–water partition coefficient (Wildman–Crippen LogP) is 2.25. The number of ether oxygens (including phenoxy) is 2. The lowest BCUT2D eigenvalue weighted by Gasteiger charge is -2.12. The molecule has 78 valence electrons. The molecule has 0 amide bonds. The lowest BCUT2D eigenvalue weighted by Crippen LogP contribution is -1.94. The molecule has 0 unspecified atom stereocenters. The summed E-state index contributed by atoms with van der Waals surface area (Å²) in [5, 5.41) is 4.06. The number of rotatable bonds is 5. The van der Waals surface area contributed by atoms with E-state index >= 15 is 0 Å². The van der Waals surface area contributed by atoms with E-state index < -0.39 is 0 Å². The van der Waals surface area contributed by atoms with Gasteiger partial charge in [0.1, 0.15) is 11.5 Å². The van der Waals surface area contributed by atoms with Gasteiger partial charge in [0.15, 0.2) is 0 Å². The molecular weight excluding hydrogens is 178 g/mol. The largest absolute Gasteiger partial charge is 0.665 e. The number of likely N-dealkylation sites (N-methyl/N-ethyl adjacent to an activating group) is 1. The molecule has 3 nitrogen and oxygen atoms in total. The molecule has 3 heteroatoms. The second kappa shape index (κ2) is 5.50. The van der Waals surface area contributed by atoms with Crippen molar-refractivity contribution in [2.75, 3.05) is 27.8 Å². The molecule has 1 aromatic rings. The number of benzene rings is 1. The molecule has 14 heavy (non-hydrogen) atoms. The summed E-state index contributed by atoms with van der Waals surface area (Å²) in [7, 11) is 5.13. The highest BCUT2D eigenvalue weighted by atomic mass is 16.5. The maximum Gasteiger partial charge on any atom is 0.122 e. The Hall–Kier alpha value is -1.22. The van der Waals surface area contributed by atoms with Gasteiger partial charge in [-0.05, 0) is 24.1 Å². The van der Waals surface area contributed by atoms with Crippen molar-refractivity contribution in [2.24, 2.45) is 0 Å². The number of methoxy groups -OCH3 is 2. The lowest BCUT2D eigenvalue weighted by molar-refractivity contribution is 0.393. The van der Waals surface area contributed by atoms with Gasteiger partial charge in [-0.2, -0.15) is 7.05 Å². The third-order valence-electron chi connectivity index (χ3n) is 2.04. The van der Waals surface area contributed by atoms with Crippen LogP contribution in [0.15, 0.2) is 18.2 Å². The molecule has 0 N–H and O–H groups in total. The Labute approximate surface area is 85.0 Å². The molecular formula is C11H16NO2-. The van der Waals surface area contributed by atoms with Crippen LogP contribution in [0.3, 0.4) is 0 Å². The first-order valence-electron chi connectivity index (χ1n) is 4.57. The monoisotopic (exact) mass is 194 g/mol. The van der Waals surface area contributed by atoms with E-state index in [1.165, 1.54) is 5.56 Å². The fourth-order valence-electron chi connectivity index (χ4n) is 1.25. The van der Waals surface area contributed by atoms with Crippen LogP contribution in [0.4, 0.5) is 0 Å². The molecule has 0 saturated carbocycles. The molecule has 0 fully saturated rings. The quantitative estimate of drug-likeness (QED) is 0.720. The highest BCUT2D eigenvalue weighted by Gasteiger charge is 1.99. The third kappa shape index (κ3) is 2.92. The lowest BCUT2D eigenvalue weighted by atomic mass is 10.1. The van der Waals surface area contributed by atoms with Crippen molar-refractivity contribution in [3.63, 3.8) is 0 Å². The molecule has 1 aromatic carbocycles. The van der Waals surface area contributed by atoms with Crippen LogP contribution < -0.4 is 9.47 Å². The van der Waals surface area contributed by atoms with Crippen LogP contribution in [0.1, 0.15) is 5.56 Å². The van der Waals surface area contributed by atoms with E-state index in [0.29, 0.717) is 0 Å². The maximum absolute atomic E-state index is 5.17. The number of hydrogen-bond donors (Lipinski definition) is 0. The van der Waals surface area contributed by atoms with Crippen molar-refractivity contribution >= 4 is 0 Å². The SMILES string of the molecule is C[N-]CCc1cc(OC)cc(OC)c1. The minimum atomic E-state index is 0.829. The van der Waals surface area contributed by atoms with Crippen molar-refractivity contribution in [1.82, 2.24) is 0 Å². The summed E-state index contributed by atoms with van der Waals surface area (Å²) in [5.41, 5.74) is 1.19. The first-order valence-corrected chi connectivity index (χ1v) is 4.57. The third-order valence-corrected chi connectivity index (χ3v) is 2.04. The molecule has 0 aromatic heterocycles. The van der Waals surface area contributed by atoms with E-state index in [-0.39, 0.29) is 0 Å². The Morgan fingerprint density at radius 1 is 1.07 bits per heavy atom. The first-order chi connectivity index (χ1) is 6.80. The van der Waals surface area contributed by atoms with Gasteiger partial charge < -0.3 is 14.8 Å². The summed E-state index contributed by atoms with van der Waals surface area (Å²) in [6.45, 7) is 0.830. The van der Waals surface area contributed by atoms with Gasteiger partial charge in [0.2, 0.25) is 0 Å². The summed E-state index contributed by atoms with van der Waals surface area (Å²) in [6.07, 6.45) is 0.921. The van der Waals surface area contributed by atoms with Gasteiger partial charge in [0.25, 0.3) is 0 Å². The topological polar surface area (TPSA) is 32.6 Å². The van der Waals surface area contributed by atoms with Gasteiger partial charge in [0.05, 0.1) is 14.2 Å². The van der Waals surface area contributed by atoms with Crippen LogP contribution in [0.5, 0.6) is 11.5 Å². The molecule has 0 heterocycles. The molecule has 1 rings (SSSR count). The number of nitrogens with zero attached hydrogens (tertiary/aromatic N) is 1. The van der Waals surface area contributed by atoms with Crippen molar-refractivity contribution in [1.29, 1.82) is 0 Å². The Bertz CT molecular complexity index is 264. The van der Waals surface area contributed by atoms with Crippen molar-refractivity contribution < 1.29 is 9.47 Å². The normalized spacial score (nSPS) is 9.93. The minimum absolute atomic E-state index is 0.829. The molecule has 0 spiro atoms. The van der Waals surface area contributed by atoms with Crippen LogP contribution >= 0.6 is 0 Å². The number of hydrogen-bond acceptors (Lipinski definition) is 2. The average molecular weight is 194 g/mol. The molecule has 0 aliphatic carbocycles. The minimum Gasteiger partial charge on any atom is -0.665 e. The summed E-state index contributed by atoms with van der Waals surface area (Å²) in [6, 6.07) is 5.88. The molecule has 0 aliphatic heterocycles. The fourth-order valence-corrected chi connectivity index (χ4v) is 1.25. The van der Waals surface area contributed by atoms with Gasteiger partial charge >= 0.3 is 0 Å². The zero-order valence-corrected chi connectivity index (χ0v) is 8.91. The molecule has 0 aliphatic rings. The summed E-state index contributed by atoms with van der Waals surface area (Å²) < 4.78 is 10.3. The molecule has 0 atom stereocenters. The molecule has 0 bridgehead atoms. The van der Waals surface area contributed by atoms with E-state index in [9.17, 15) is 0 Å². The van der Waals surface area contributed by atoms with E-state index in [1.54, 1.807) is 14.2 Å². The second-order valence-corrected chi connectivity index (χ2v) is 3.01. The maximum atomic E-state index is 5.17. The standard InChI is InChI=1S/C11H16NO2/c1-12-5-4-9-6-10(13-2)8-11(7-9)14-3/h6-8H,4-5H2,1-3H3/q-1. The molecule has 0 radical (unpaired) electrons. The van der Waals surface area contributed by atoms with Crippen LogP contribution in [-0.4, -0.2) is 27.8 Å². The highest BCUT2D eigenvalue weighted by molar-refractivity contribution is 5.38. The van der Waals surface area contributed by atoms with E-state index in [4.69, 9.17) is 9.47 Å². The van der Waals surface area contributed by atoms with Crippen LogP contribution in [0, 0.1) is 0 Å². The van der Waals surface area contributed by atoms with Gasteiger partial charge in [-0.1, -0.05) is 0 Å². The smallest absolute Gasteiger partial charge is 0.122 e. The van der Waals surface area contributed by atoms with Gasteiger partial charge in [-0.25, -0.2) is 0 Å². The highest BCUT2D eigenvalue weighted by Crippen LogP contribution is 2.22. The Morgan fingerprint density at radius 2 is 1.64 bits per heavy atom. The van der Waals surface area contributed by atoms with Gasteiger partial charge in [-0.15, -0.1) is 6.54 Å². The Balaban J connectivity index is 2.81. The van der Waals surface area contributed by atoms with Crippen LogP contribution in [0.2, 0.25) is 0 Å². The van der Waals surface area contributed by atoms with E-state index in [0.717, 1.165) is 24.5 Å². The predicted molar refractivity (Wildman–Crippen MR) is 57.4 cm³/mol. The summed E-state index contributed by atoms with van der Waals surface area (Å²) in [4.78, 5) is 0. The van der Waals surface area contributed by atoms with Crippen LogP contribution in [-0.2, 0) is 6.42 Å². The van der Waals surface area contributed by atoms with Crippen molar-refractivity contribution in [3.8, 4) is 11.5 Å². The second-order valence-electron chi connectivity index (χ2n) is 3.01. The average Bonchev–Trinajstić information content (AvgIpc) is 2.25. The zero-order chi connectivity index (χ0) is 10.4. The summed E-state index contributed by atoms with van der Waals surface area (Å²) in [5.74, 6) is 1.66. The summed E-state index contributed by atoms with van der Waals surface area (Å²) >= 11 is 0. The van der Waals surface area contributed by atoms with Crippen LogP contribution in [0.25, 0.3) is 5.32 Å². The van der Waals surface area contributed by atoms with Crippen molar-refractivity contribution in [2.45, 2.75) is 6.42 Å². The Kier molecular flexibility index (Phi) is 4.26. The van der Waals surface area contributed by atoms with E-state index in [2.05, 4.69) is 5.32 Å². The Morgan fingerprint density at radius 3 is 2.07 bits per heavy atom. The van der Waals surface area contributed by atoms with E-state index in [1.807, 2.05) is 25.2 Å². The van der Waals surface area contributed by atoms with Gasteiger partial charge in [-0.3, -0.25) is 0 Å². The van der Waals surface area contributed by atoms with Crippen molar-refractivity contribution in [3.05, 3.63) is 29.1 Å². The zero-order valence-electron chi connectivity index (χ0n) is 8.91. The van der Waals surface area contributed by atoms with Gasteiger partial charge in [0, 0.05) is 6.07 Å².